The van der Waals surface area contributed by atoms with Crippen molar-refractivity contribution < 1.29 is 19.1 Å². The van der Waals surface area contributed by atoms with E-state index in [1.54, 1.807) is 0 Å². The Balaban J connectivity index is 3.57. The standard InChI is InChI=1S/C26H48N2O4S2/c1-3-5-7-9-11-13-15-17-23(29)31-21-19-27-25(33)26(34)28-20-22-32-24(30)18-16-14-12-10-8-6-4-2/h3-22H2,1-2H3,(H,27,33)(H,28,34). The Morgan fingerprint density at radius 1 is 0.559 bits per heavy atom. The minimum absolute atomic E-state index is 0.166. The Bertz CT molecular complexity index is 511. The maximum Gasteiger partial charge on any atom is 0.305 e. The van der Waals surface area contributed by atoms with Gasteiger partial charge >= 0.3 is 11.9 Å². The first-order valence-electron chi connectivity index (χ1n) is 13.4. The number of hydrogen-bond acceptors (Lipinski definition) is 6. The summed E-state index contributed by atoms with van der Waals surface area (Å²) in [7, 11) is 0. The molecule has 0 aliphatic rings. The van der Waals surface area contributed by atoms with Crippen molar-refractivity contribution >= 4 is 46.4 Å². The number of nitrogens with one attached hydrogen (secondary N) is 2. The smallest absolute Gasteiger partial charge is 0.305 e. The van der Waals surface area contributed by atoms with Crippen LogP contribution >= 0.6 is 24.4 Å². The lowest BCUT2D eigenvalue weighted by atomic mass is 10.1. The molecule has 0 saturated carbocycles. The molecule has 0 spiro atoms. The molecular formula is C26H48N2O4S2. The molecule has 6 nitrogen and oxygen atoms in total. The monoisotopic (exact) mass is 516 g/mol. The zero-order chi connectivity index (χ0) is 25.3. The topological polar surface area (TPSA) is 76.7 Å². The molecule has 198 valence electrons. The minimum Gasteiger partial charge on any atom is -0.464 e. The van der Waals surface area contributed by atoms with Crippen LogP contribution in [0.2, 0.25) is 0 Å². The number of hydrogen-bond donors (Lipinski definition) is 2. The Morgan fingerprint density at radius 2 is 0.882 bits per heavy atom. The summed E-state index contributed by atoms with van der Waals surface area (Å²) in [6, 6.07) is 0. The fraction of sp³-hybridized carbons (Fsp3) is 0.846. The lowest BCUT2D eigenvalue weighted by Crippen LogP contribution is -2.40. The number of esters is 2. The van der Waals surface area contributed by atoms with E-state index in [1.165, 1.54) is 64.2 Å². The molecule has 0 amide bonds. The molecule has 34 heavy (non-hydrogen) atoms. The number of thiocarbonyl (C=S) groups is 2. The van der Waals surface area contributed by atoms with Gasteiger partial charge in [0.25, 0.3) is 0 Å². The maximum atomic E-state index is 11.8. The second-order valence-corrected chi connectivity index (χ2v) is 9.51. The molecule has 0 unspecified atom stereocenters. The van der Waals surface area contributed by atoms with Gasteiger partial charge in [0.1, 0.15) is 23.2 Å². The zero-order valence-electron chi connectivity index (χ0n) is 21.6. The molecule has 0 aliphatic carbocycles. The lowest BCUT2D eigenvalue weighted by molar-refractivity contribution is -0.144. The molecule has 0 saturated heterocycles. The van der Waals surface area contributed by atoms with Crippen LogP contribution in [0, 0.1) is 0 Å². The summed E-state index contributed by atoms with van der Waals surface area (Å²) >= 11 is 10.5. The highest BCUT2D eigenvalue weighted by Crippen LogP contribution is 2.09. The zero-order valence-corrected chi connectivity index (χ0v) is 23.2. The molecule has 0 aliphatic heterocycles. The van der Waals surface area contributed by atoms with Crippen molar-refractivity contribution in [1.29, 1.82) is 0 Å². The first kappa shape index (κ1) is 32.7. The second-order valence-electron chi connectivity index (χ2n) is 8.70. The van der Waals surface area contributed by atoms with Crippen LogP contribution in [-0.4, -0.2) is 48.2 Å². The number of rotatable bonds is 22. The summed E-state index contributed by atoms with van der Waals surface area (Å²) in [4.78, 5) is 24.3. The van der Waals surface area contributed by atoms with Crippen molar-refractivity contribution in [2.45, 2.75) is 117 Å². The summed E-state index contributed by atoms with van der Waals surface area (Å²) in [5.74, 6) is -0.333. The van der Waals surface area contributed by atoms with Gasteiger partial charge in [-0.3, -0.25) is 9.59 Å². The van der Waals surface area contributed by atoms with E-state index in [9.17, 15) is 9.59 Å². The number of unbranched alkanes of at least 4 members (excludes halogenated alkanes) is 12. The fourth-order valence-electron chi connectivity index (χ4n) is 3.42. The van der Waals surface area contributed by atoms with Crippen LogP contribution in [-0.2, 0) is 19.1 Å². The molecular weight excluding hydrogens is 468 g/mol. The van der Waals surface area contributed by atoms with Crippen LogP contribution in [0.3, 0.4) is 0 Å². The normalized spacial score (nSPS) is 10.5. The number of carbonyl (C=O) groups excluding carboxylic acids is 2. The summed E-state index contributed by atoms with van der Waals surface area (Å²) in [5.41, 5.74) is 0. The molecule has 0 heterocycles. The molecule has 0 aromatic heterocycles. The summed E-state index contributed by atoms with van der Waals surface area (Å²) < 4.78 is 10.4. The van der Waals surface area contributed by atoms with Crippen molar-refractivity contribution in [3.05, 3.63) is 0 Å². The van der Waals surface area contributed by atoms with Gasteiger partial charge in [0.2, 0.25) is 0 Å². The third kappa shape index (κ3) is 22.5. The van der Waals surface area contributed by atoms with Gasteiger partial charge in [0.05, 0.1) is 0 Å². The van der Waals surface area contributed by atoms with Gasteiger partial charge in [-0.15, -0.1) is 0 Å². The van der Waals surface area contributed by atoms with Gasteiger partial charge in [-0.25, -0.2) is 0 Å². The van der Waals surface area contributed by atoms with Crippen molar-refractivity contribution in [2.75, 3.05) is 26.3 Å². The minimum atomic E-state index is -0.166. The largest absolute Gasteiger partial charge is 0.464 e. The van der Waals surface area contributed by atoms with Crippen molar-refractivity contribution in [3.63, 3.8) is 0 Å². The predicted molar refractivity (Wildman–Crippen MR) is 148 cm³/mol. The van der Waals surface area contributed by atoms with Crippen LogP contribution in [0.4, 0.5) is 0 Å². The highest BCUT2D eigenvalue weighted by Gasteiger charge is 2.07. The van der Waals surface area contributed by atoms with Crippen molar-refractivity contribution in [2.24, 2.45) is 0 Å². The molecule has 0 rings (SSSR count). The third-order valence-electron chi connectivity index (χ3n) is 5.48. The molecule has 8 heteroatoms. The van der Waals surface area contributed by atoms with Gasteiger partial charge in [-0.1, -0.05) is 115 Å². The van der Waals surface area contributed by atoms with Gasteiger partial charge < -0.3 is 20.1 Å². The molecule has 0 atom stereocenters. The molecule has 0 fully saturated rings. The van der Waals surface area contributed by atoms with Crippen LogP contribution in [0.5, 0.6) is 0 Å². The Hall–Kier alpha value is -1.28. The van der Waals surface area contributed by atoms with Crippen molar-refractivity contribution in [3.8, 4) is 0 Å². The predicted octanol–water partition coefficient (Wildman–Crippen LogP) is 6.19. The summed E-state index contributed by atoms with van der Waals surface area (Å²) in [5, 5.41) is 5.96. The molecule has 0 radical (unpaired) electrons. The number of ether oxygens (including phenoxy) is 2. The van der Waals surface area contributed by atoms with Crippen LogP contribution in [0.25, 0.3) is 0 Å². The summed E-state index contributed by atoms with van der Waals surface area (Å²) in [6.45, 7) is 5.76. The van der Waals surface area contributed by atoms with Crippen molar-refractivity contribution in [1.82, 2.24) is 10.6 Å². The first-order valence-corrected chi connectivity index (χ1v) is 14.2. The average molecular weight is 517 g/mol. The fourth-order valence-corrected chi connectivity index (χ4v) is 3.77. The van der Waals surface area contributed by atoms with E-state index in [-0.39, 0.29) is 25.2 Å². The Labute approximate surface area is 218 Å². The van der Waals surface area contributed by atoms with Gasteiger partial charge in [0.15, 0.2) is 0 Å². The molecule has 0 aromatic carbocycles. The maximum absolute atomic E-state index is 11.8. The lowest BCUT2D eigenvalue weighted by Gasteiger charge is -2.12. The SMILES string of the molecule is CCCCCCCCCC(=O)OCCNC(=S)C(=S)NCCOC(=O)CCCCCCCCC. The Kier molecular flexibility index (Phi) is 23.9. The van der Waals surface area contributed by atoms with Crippen LogP contribution < -0.4 is 10.6 Å². The Morgan fingerprint density at radius 3 is 1.24 bits per heavy atom. The van der Waals surface area contributed by atoms with E-state index in [2.05, 4.69) is 24.5 Å². The highest BCUT2D eigenvalue weighted by molar-refractivity contribution is 7.89. The number of carbonyl (C=O) groups is 2. The van der Waals surface area contributed by atoms with Gasteiger partial charge in [0, 0.05) is 25.9 Å². The van der Waals surface area contributed by atoms with E-state index < -0.39 is 0 Å². The summed E-state index contributed by atoms with van der Waals surface area (Å²) in [6.07, 6.45) is 17.4. The first-order chi connectivity index (χ1) is 16.5. The highest BCUT2D eigenvalue weighted by atomic mass is 32.1. The van der Waals surface area contributed by atoms with E-state index >= 15 is 0 Å². The second kappa shape index (κ2) is 24.8. The van der Waals surface area contributed by atoms with E-state index in [1.807, 2.05) is 0 Å². The molecule has 0 aromatic rings. The van der Waals surface area contributed by atoms with Gasteiger partial charge in [-0.2, -0.15) is 0 Å². The van der Waals surface area contributed by atoms with E-state index in [4.69, 9.17) is 33.9 Å². The van der Waals surface area contributed by atoms with E-state index in [0.29, 0.717) is 35.9 Å². The van der Waals surface area contributed by atoms with Gasteiger partial charge in [-0.05, 0) is 12.8 Å². The van der Waals surface area contributed by atoms with Crippen LogP contribution in [0.1, 0.15) is 117 Å². The quantitative estimate of drug-likeness (QED) is 0.100. The average Bonchev–Trinajstić information content (AvgIpc) is 2.83. The van der Waals surface area contributed by atoms with E-state index in [0.717, 1.165) is 25.7 Å². The molecule has 0 bridgehead atoms. The third-order valence-corrected chi connectivity index (χ3v) is 6.30. The van der Waals surface area contributed by atoms with Crippen LogP contribution in [0.15, 0.2) is 0 Å². The molecule has 2 N–H and O–H groups in total.